The highest BCUT2D eigenvalue weighted by Crippen LogP contribution is 1.93. The topological polar surface area (TPSA) is 103 Å². The molecule has 0 amide bonds. The van der Waals surface area contributed by atoms with Gasteiger partial charge in [0, 0.05) is 6.07 Å². The van der Waals surface area contributed by atoms with Crippen molar-refractivity contribution in [1.29, 1.82) is 0 Å². The van der Waals surface area contributed by atoms with Crippen molar-refractivity contribution in [3.05, 3.63) is 40.1 Å². The van der Waals surface area contributed by atoms with Crippen LogP contribution in [-0.2, 0) is 13.1 Å². The van der Waals surface area contributed by atoms with Gasteiger partial charge in [-0.2, -0.15) is 5.10 Å². The van der Waals surface area contributed by atoms with Crippen molar-refractivity contribution in [2.45, 2.75) is 20.0 Å². The summed E-state index contributed by atoms with van der Waals surface area (Å²) < 4.78 is 2.65. The van der Waals surface area contributed by atoms with E-state index < -0.39 is 5.97 Å². The average molecular weight is 249 g/mol. The minimum Gasteiger partial charge on any atom is -0.476 e. The number of nitrogens with zero attached hydrogens (tertiary/aromatic N) is 5. The number of aromatic carboxylic acids is 1. The smallest absolute Gasteiger partial charge is 0.358 e. The molecule has 0 saturated carbocycles. The van der Waals surface area contributed by atoms with Crippen molar-refractivity contribution in [2.24, 2.45) is 0 Å². The molecular weight excluding hydrogens is 238 g/mol. The van der Waals surface area contributed by atoms with Crippen molar-refractivity contribution < 1.29 is 9.90 Å². The van der Waals surface area contributed by atoms with Crippen LogP contribution in [-0.4, -0.2) is 35.9 Å². The summed E-state index contributed by atoms with van der Waals surface area (Å²) in [6, 6.07) is 1.48. The molecule has 1 N–H and O–H groups in total. The van der Waals surface area contributed by atoms with E-state index in [1.165, 1.54) is 21.6 Å². The van der Waals surface area contributed by atoms with Gasteiger partial charge in [0.25, 0.3) is 5.56 Å². The van der Waals surface area contributed by atoms with E-state index in [4.69, 9.17) is 5.11 Å². The normalized spacial score (nSPS) is 10.5. The molecule has 0 fully saturated rings. The lowest BCUT2D eigenvalue weighted by atomic mass is 10.3. The van der Waals surface area contributed by atoms with Crippen molar-refractivity contribution in [1.82, 2.24) is 24.8 Å². The summed E-state index contributed by atoms with van der Waals surface area (Å²) in [5.74, 6) is -1.13. The fraction of sp³-hybridized carbons (Fsp3) is 0.300. The van der Waals surface area contributed by atoms with Crippen LogP contribution in [0.15, 0.2) is 23.3 Å². The Morgan fingerprint density at radius 3 is 2.83 bits per heavy atom. The Morgan fingerprint density at radius 1 is 1.44 bits per heavy atom. The Morgan fingerprint density at radius 2 is 2.22 bits per heavy atom. The molecule has 2 rings (SSSR count). The van der Waals surface area contributed by atoms with Gasteiger partial charge in [-0.05, 0) is 12.5 Å². The molecule has 2 aromatic rings. The Kier molecular flexibility index (Phi) is 3.18. The molecule has 0 atom stereocenters. The van der Waals surface area contributed by atoms with Gasteiger partial charge in [0.15, 0.2) is 5.69 Å². The summed E-state index contributed by atoms with van der Waals surface area (Å²) >= 11 is 0. The third-order valence-corrected chi connectivity index (χ3v) is 2.30. The summed E-state index contributed by atoms with van der Waals surface area (Å²) in [6.07, 6.45) is 2.90. The molecule has 0 saturated heterocycles. The average Bonchev–Trinajstić information content (AvgIpc) is 2.76. The molecule has 2 aromatic heterocycles. The maximum Gasteiger partial charge on any atom is 0.358 e. The standard InChI is InChI=1S/C10H11N5O3/c1-7-4-9(16)15(11-5-7)3-2-14-6-8(10(17)18)12-13-14/h4-6H,2-3H2,1H3,(H,17,18). The van der Waals surface area contributed by atoms with E-state index in [1.54, 1.807) is 13.1 Å². The molecule has 0 spiro atoms. The van der Waals surface area contributed by atoms with E-state index in [9.17, 15) is 9.59 Å². The Balaban J connectivity index is 2.06. The molecular formula is C10H11N5O3. The predicted octanol–water partition coefficient (Wildman–Crippen LogP) is -0.458. The number of hydrogen-bond donors (Lipinski definition) is 1. The van der Waals surface area contributed by atoms with Gasteiger partial charge in [0.1, 0.15) is 0 Å². The molecule has 18 heavy (non-hydrogen) atoms. The van der Waals surface area contributed by atoms with Gasteiger partial charge in [0.2, 0.25) is 0 Å². The molecule has 8 heteroatoms. The summed E-state index contributed by atoms with van der Waals surface area (Å²) in [7, 11) is 0. The highest BCUT2D eigenvalue weighted by Gasteiger charge is 2.08. The van der Waals surface area contributed by atoms with Crippen LogP contribution < -0.4 is 5.56 Å². The second-order valence-corrected chi connectivity index (χ2v) is 3.77. The number of hydrogen-bond acceptors (Lipinski definition) is 5. The molecule has 2 heterocycles. The van der Waals surface area contributed by atoms with Gasteiger partial charge in [-0.1, -0.05) is 5.21 Å². The van der Waals surface area contributed by atoms with E-state index in [0.717, 1.165) is 5.56 Å². The lowest BCUT2D eigenvalue weighted by molar-refractivity contribution is 0.0690. The summed E-state index contributed by atoms with van der Waals surface area (Å²) in [5, 5.41) is 19.7. The number of carboxylic acids is 1. The lowest BCUT2D eigenvalue weighted by Crippen LogP contribution is -2.24. The number of rotatable bonds is 4. The minimum atomic E-state index is -1.13. The van der Waals surface area contributed by atoms with Crippen LogP contribution in [0.2, 0.25) is 0 Å². The van der Waals surface area contributed by atoms with E-state index in [0.29, 0.717) is 13.1 Å². The minimum absolute atomic E-state index is 0.126. The van der Waals surface area contributed by atoms with Gasteiger partial charge < -0.3 is 5.11 Å². The van der Waals surface area contributed by atoms with Crippen LogP contribution >= 0.6 is 0 Å². The predicted molar refractivity (Wildman–Crippen MR) is 60.2 cm³/mol. The first-order valence-electron chi connectivity index (χ1n) is 5.23. The third kappa shape index (κ3) is 2.59. The van der Waals surface area contributed by atoms with E-state index >= 15 is 0 Å². The summed E-state index contributed by atoms with van der Waals surface area (Å²) in [4.78, 5) is 22.1. The van der Waals surface area contributed by atoms with E-state index in [2.05, 4.69) is 15.4 Å². The molecule has 94 valence electrons. The molecule has 0 aliphatic rings. The zero-order valence-electron chi connectivity index (χ0n) is 9.65. The van der Waals surface area contributed by atoms with Gasteiger partial charge in [-0.25, -0.2) is 14.2 Å². The largest absolute Gasteiger partial charge is 0.476 e. The molecule has 8 nitrogen and oxygen atoms in total. The van der Waals surface area contributed by atoms with Crippen LogP contribution in [0.5, 0.6) is 0 Å². The molecule has 0 radical (unpaired) electrons. The maximum atomic E-state index is 11.5. The fourth-order valence-corrected chi connectivity index (χ4v) is 1.39. The Hall–Kier alpha value is -2.51. The number of aromatic nitrogens is 5. The highest BCUT2D eigenvalue weighted by atomic mass is 16.4. The second kappa shape index (κ2) is 4.78. The zero-order valence-corrected chi connectivity index (χ0v) is 9.65. The number of carbonyl (C=O) groups is 1. The van der Waals surface area contributed by atoms with Crippen molar-refractivity contribution in [2.75, 3.05) is 0 Å². The van der Waals surface area contributed by atoms with Gasteiger partial charge in [0.05, 0.1) is 25.5 Å². The molecule has 0 unspecified atom stereocenters. The first-order valence-corrected chi connectivity index (χ1v) is 5.23. The van der Waals surface area contributed by atoms with Crippen LogP contribution in [0.4, 0.5) is 0 Å². The Bertz CT molecular complexity index is 630. The van der Waals surface area contributed by atoms with E-state index in [-0.39, 0.29) is 11.3 Å². The molecule has 0 aliphatic heterocycles. The molecule has 0 aliphatic carbocycles. The maximum absolute atomic E-state index is 11.5. The van der Waals surface area contributed by atoms with Crippen LogP contribution in [0.25, 0.3) is 0 Å². The monoisotopic (exact) mass is 249 g/mol. The van der Waals surface area contributed by atoms with Gasteiger partial charge in [-0.15, -0.1) is 5.10 Å². The number of aryl methyl sites for hydroxylation is 3. The fourth-order valence-electron chi connectivity index (χ4n) is 1.39. The first-order chi connectivity index (χ1) is 8.56. The van der Waals surface area contributed by atoms with E-state index in [1.807, 2.05) is 0 Å². The van der Waals surface area contributed by atoms with Crippen molar-refractivity contribution in [3.63, 3.8) is 0 Å². The van der Waals surface area contributed by atoms with Crippen molar-refractivity contribution in [3.8, 4) is 0 Å². The molecule has 0 aromatic carbocycles. The van der Waals surface area contributed by atoms with Gasteiger partial charge in [-0.3, -0.25) is 4.79 Å². The molecule has 0 bridgehead atoms. The Labute approximate surface area is 101 Å². The van der Waals surface area contributed by atoms with Crippen LogP contribution in [0.1, 0.15) is 16.1 Å². The number of carboxylic acid groups (broad SMARTS) is 1. The summed E-state index contributed by atoms with van der Waals surface area (Å²) in [6.45, 7) is 2.42. The lowest BCUT2D eigenvalue weighted by Gasteiger charge is -2.03. The highest BCUT2D eigenvalue weighted by molar-refractivity contribution is 5.84. The zero-order chi connectivity index (χ0) is 13.1. The third-order valence-electron chi connectivity index (χ3n) is 2.30. The van der Waals surface area contributed by atoms with Crippen LogP contribution in [0, 0.1) is 6.92 Å². The summed E-state index contributed by atoms with van der Waals surface area (Å²) in [5.41, 5.74) is 0.470. The first kappa shape index (κ1) is 12.0. The quantitative estimate of drug-likeness (QED) is 0.786. The van der Waals surface area contributed by atoms with Gasteiger partial charge >= 0.3 is 5.97 Å². The van der Waals surface area contributed by atoms with Crippen molar-refractivity contribution >= 4 is 5.97 Å². The SMILES string of the molecule is Cc1cnn(CCn2cc(C(=O)O)nn2)c(=O)c1. The second-order valence-electron chi connectivity index (χ2n) is 3.77. The van der Waals surface area contributed by atoms with Crippen LogP contribution in [0.3, 0.4) is 0 Å².